The Morgan fingerprint density at radius 2 is 1.68 bits per heavy atom. The summed E-state index contributed by atoms with van der Waals surface area (Å²) in [6, 6.07) is 18.3. The number of rotatable bonds is 3. The molecule has 2 aromatic carbocycles. The summed E-state index contributed by atoms with van der Waals surface area (Å²) in [5.74, 6) is 0.0312. The fraction of sp³-hybridized carbons (Fsp3) is 0.100. The molecule has 0 radical (unpaired) electrons. The third-order valence-electron chi connectivity index (χ3n) is 4.20. The van der Waals surface area contributed by atoms with Gasteiger partial charge >= 0.3 is 5.63 Å². The van der Waals surface area contributed by atoms with Crippen molar-refractivity contribution in [2.75, 3.05) is 0 Å². The molecule has 0 aliphatic heterocycles. The normalized spacial score (nSPS) is 11.1. The summed E-state index contributed by atoms with van der Waals surface area (Å²) >= 11 is 0. The largest absolute Gasteiger partial charge is 0.482 e. The smallest absolute Gasteiger partial charge is 0.379 e. The van der Waals surface area contributed by atoms with Crippen LogP contribution in [0.2, 0.25) is 0 Å². The van der Waals surface area contributed by atoms with E-state index in [1.165, 1.54) is 6.07 Å². The molecule has 4 aromatic rings. The second-order valence-corrected chi connectivity index (χ2v) is 5.80. The summed E-state index contributed by atoms with van der Waals surface area (Å²) in [6.07, 6.45) is 0. The van der Waals surface area contributed by atoms with Crippen LogP contribution in [0.4, 0.5) is 0 Å². The van der Waals surface area contributed by atoms with E-state index in [9.17, 15) is 9.59 Å². The summed E-state index contributed by atoms with van der Waals surface area (Å²) < 4.78 is 12.6. The molecule has 0 fully saturated rings. The predicted octanol–water partition coefficient (Wildman–Crippen LogP) is 3.22. The molecule has 0 saturated carbocycles. The predicted molar refractivity (Wildman–Crippen MR) is 96.0 cm³/mol. The Hall–Kier alpha value is -3.34. The number of nitrogens with zero attached hydrogens (tertiary/aromatic N) is 1. The van der Waals surface area contributed by atoms with Gasteiger partial charge in [0.2, 0.25) is 5.75 Å². The van der Waals surface area contributed by atoms with Gasteiger partial charge in [-0.1, -0.05) is 42.5 Å². The van der Waals surface area contributed by atoms with Gasteiger partial charge in [-0.2, -0.15) is 0 Å². The van der Waals surface area contributed by atoms with Crippen molar-refractivity contribution in [3.05, 3.63) is 87.0 Å². The highest BCUT2D eigenvalue weighted by Gasteiger charge is 2.14. The first-order valence-electron chi connectivity index (χ1n) is 7.87. The van der Waals surface area contributed by atoms with Crippen LogP contribution in [0.15, 0.2) is 74.7 Å². The standard InChI is InChI=1S/C20H15NO4/c1-21-16-10-6-5-9-14(16)18-15(19(21)22)11-17(20(23)25-18)24-12-13-7-3-2-4-8-13/h2-11H,12H2,1H3. The van der Waals surface area contributed by atoms with Gasteiger partial charge in [0.1, 0.15) is 6.61 Å². The van der Waals surface area contributed by atoms with Gasteiger partial charge in [0.25, 0.3) is 5.56 Å². The zero-order valence-electron chi connectivity index (χ0n) is 13.6. The Kier molecular flexibility index (Phi) is 3.61. The first-order chi connectivity index (χ1) is 12.1. The van der Waals surface area contributed by atoms with Crippen molar-refractivity contribution in [1.82, 2.24) is 4.57 Å². The highest BCUT2D eigenvalue weighted by molar-refractivity contribution is 6.01. The topological polar surface area (TPSA) is 61.4 Å². The van der Waals surface area contributed by atoms with Crippen LogP contribution in [0, 0.1) is 0 Å². The van der Waals surface area contributed by atoms with E-state index in [0.29, 0.717) is 16.3 Å². The number of para-hydroxylation sites is 1. The molecule has 2 aromatic heterocycles. The van der Waals surface area contributed by atoms with E-state index >= 15 is 0 Å². The second-order valence-electron chi connectivity index (χ2n) is 5.80. The molecule has 0 amide bonds. The van der Waals surface area contributed by atoms with Crippen molar-refractivity contribution in [3.8, 4) is 5.75 Å². The number of ether oxygens (including phenoxy) is 1. The van der Waals surface area contributed by atoms with Crippen molar-refractivity contribution < 1.29 is 9.15 Å². The lowest BCUT2D eigenvalue weighted by molar-refractivity contribution is 0.291. The molecule has 0 atom stereocenters. The maximum absolute atomic E-state index is 12.6. The molecule has 25 heavy (non-hydrogen) atoms. The van der Waals surface area contributed by atoms with E-state index in [2.05, 4.69) is 0 Å². The lowest BCUT2D eigenvalue weighted by Crippen LogP contribution is -2.19. The molecule has 0 spiro atoms. The highest BCUT2D eigenvalue weighted by atomic mass is 16.5. The number of fused-ring (bicyclic) bond motifs is 3. The quantitative estimate of drug-likeness (QED) is 0.540. The molecular weight excluding hydrogens is 318 g/mol. The molecule has 0 unspecified atom stereocenters. The van der Waals surface area contributed by atoms with Crippen LogP contribution in [0.1, 0.15) is 5.56 Å². The fourth-order valence-electron chi connectivity index (χ4n) is 2.90. The Morgan fingerprint density at radius 3 is 2.48 bits per heavy atom. The van der Waals surface area contributed by atoms with Crippen LogP contribution in [-0.4, -0.2) is 4.57 Å². The summed E-state index contributed by atoms with van der Waals surface area (Å²) in [7, 11) is 1.69. The lowest BCUT2D eigenvalue weighted by Gasteiger charge is -2.09. The van der Waals surface area contributed by atoms with Crippen molar-refractivity contribution in [3.63, 3.8) is 0 Å². The molecule has 124 valence electrons. The van der Waals surface area contributed by atoms with Crippen LogP contribution in [0.3, 0.4) is 0 Å². The average molecular weight is 333 g/mol. The van der Waals surface area contributed by atoms with E-state index < -0.39 is 5.63 Å². The summed E-state index contributed by atoms with van der Waals surface area (Å²) in [6.45, 7) is 0.227. The maximum atomic E-state index is 12.6. The molecule has 0 aliphatic rings. The van der Waals surface area contributed by atoms with Crippen molar-refractivity contribution in [2.45, 2.75) is 6.61 Å². The molecule has 4 rings (SSSR count). The van der Waals surface area contributed by atoms with E-state index in [1.54, 1.807) is 11.6 Å². The number of hydrogen-bond donors (Lipinski definition) is 0. The maximum Gasteiger partial charge on any atom is 0.379 e. The molecule has 5 nitrogen and oxygen atoms in total. The Bertz CT molecular complexity index is 1190. The van der Waals surface area contributed by atoms with Crippen molar-refractivity contribution in [1.29, 1.82) is 0 Å². The van der Waals surface area contributed by atoms with Gasteiger partial charge in [-0.15, -0.1) is 0 Å². The van der Waals surface area contributed by atoms with Gasteiger partial charge in [0, 0.05) is 18.5 Å². The molecule has 0 saturated heterocycles. The number of aromatic nitrogens is 1. The fourth-order valence-corrected chi connectivity index (χ4v) is 2.90. The van der Waals surface area contributed by atoms with Gasteiger partial charge in [-0.3, -0.25) is 4.79 Å². The van der Waals surface area contributed by atoms with Gasteiger partial charge < -0.3 is 13.7 Å². The highest BCUT2D eigenvalue weighted by Crippen LogP contribution is 2.23. The number of pyridine rings is 1. The molecule has 0 N–H and O–H groups in total. The van der Waals surface area contributed by atoms with E-state index in [0.717, 1.165) is 5.56 Å². The number of aryl methyl sites for hydroxylation is 1. The van der Waals surface area contributed by atoms with E-state index in [-0.39, 0.29) is 23.5 Å². The Balaban J connectivity index is 1.87. The minimum atomic E-state index is -0.596. The monoisotopic (exact) mass is 333 g/mol. The first kappa shape index (κ1) is 15.2. The van der Waals surface area contributed by atoms with E-state index in [1.807, 2.05) is 54.6 Å². The average Bonchev–Trinajstić information content (AvgIpc) is 2.65. The number of hydrogen-bond acceptors (Lipinski definition) is 4. The third-order valence-corrected chi connectivity index (χ3v) is 4.20. The van der Waals surface area contributed by atoms with Crippen molar-refractivity contribution >= 4 is 21.9 Å². The SMILES string of the molecule is Cn1c(=O)c2cc(OCc3ccccc3)c(=O)oc2c2ccccc21. The molecular formula is C20H15NO4. The Morgan fingerprint density at radius 1 is 0.960 bits per heavy atom. The van der Waals surface area contributed by atoms with E-state index in [4.69, 9.17) is 9.15 Å². The van der Waals surface area contributed by atoms with Crippen LogP contribution in [0.5, 0.6) is 5.75 Å². The van der Waals surface area contributed by atoms with Gasteiger partial charge in [-0.05, 0) is 17.7 Å². The van der Waals surface area contributed by atoms with Gasteiger partial charge in [0.15, 0.2) is 5.58 Å². The molecule has 5 heteroatoms. The third kappa shape index (κ3) is 2.59. The minimum absolute atomic E-state index is 0.0312. The molecule has 0 bridgehead atoms. The Labute approximate surface area is 142 Å². The summed E-state index contributed by atoms with van der Waals surface area (Å²) in [5, 5.41) is 1.04. The van der Waals surface area contributed by atoms with Crippen LogP contribution in [0.25, 0.3) is 21.9 Å². The molecule has 0 aliphatic carbocycles. The summed E-state index contributed by atoms with van der Waals surface area (Å²) in [5.41, 5.74) is 1.09. The van der Waals surface area contributed by atoms with Crippen LogP contribution in [-0.2, 0) is 13.7 Å². The van der Waals surface area contributed by atoms with Gasteiger partial charge in [0.05, 0.1) is 10.9 Å². The first-order valence-corrected chi connectivity index (χ1v) is 7.87. The lowest BCUT2D eigenvalue weighted by atomic mass is 10.1. The minimum Gasteiger partial charge on any atom is -0.482 e. The van der Waals surface area contributed by atoms with Gasteiger partial charge in [-0.25, -0.2) is 4.79 Å². The second kappa shape index (κ2) is 5.94. The zero-order chi connectivity index (χ0) is 17.4. The number of benzene rings is 2. The molecule has 2 heterocycles. The van der Waals surface area contributed by atoms with Crippen LogP contribution >= 0.6 is 0 Å². The van der Waals surface area contributed by atoms with Crippen LogP contribution < -0.4 is 15.9 Å². The van der Waals surface area contributed by atoms with Crippen molar-refractivity contribution in [2.24, 2.45) is 7.05 Å². The zero-order valence-corrected chi connectivity index (χ0v) is 13.6. The summed E-state index contributed by atoms with van der Waals surface area (Å²) in [4.78, 5) is 24.9.